The third-order valence-electron chi connectivity index (χ3n) is 2.45. The number of nitrogens with zero attached hydrogens (tertiary/aromatic N) is 1. The van der Waals surface area contributed by atoms with Crippen LogP contribution >= 0.6 is 0 Å². The summed E-state index contributed by atoms with van der Waals surface area (Å²) in [7, 11) is -2.55. The van der Waals surface area contributed by atoms with E-state index in [0.717, 1.165) is 12.8 Å². The summed E-state index contributed by atoms with van der Waals surface area (Å²) >= 11 is 0. The molecule has 0 aromatic carbocycles. The molecule has 0 aliphatic carbocycles. The van der Waals surface area contributed by atoms with Crippen molar-refractivity contribution in [3.8, 4) is 0 Å². The van der Waals surface area contributed by atoms with E-state index in [2.05, 4.69) is 5.32 Å². The Hall–Kier alpha value is -0.660. The molecule has 1 fully saturated rings. The molecule has 1 atom stereocenters. The molecule has 1 heterocycles. The van der Waals surface area contributed by atoms with E-state index in [1.54, 1.807) is 0 Å². The molecule has 3 N–H and O–H groups in total. The Morgan fingerprint density at radius 2 is 2.27 bits per heavy atom. The zero-order chi connectivity index (χ0) is 11.3. The molecule has 15 heavy (non-hydrogen) atoms. The van der Waals surface area contributed by atoms with Crippen molar-refractivity contribution < 1.29 is 13.2 Å². The van der Waals surface area contributed by atoms with Crippen LogP contribution in [0.1, 0.15) is 12.8 Å². The molecular formula is C8H17N3O3S. The van der Waals surface area contributed by atoms with Gasteiger partial charge in [0.1, 0.15) is 0 Å². The van der Waals surface area contributed by atoms with Crippen molar-refractivity contribution in [2.45, 2.75) is 12.8 Å². The largest absolute Gasteiger partial charge is 0.355 e. The first-order valence-corrected chi connectivity index (χ1v) is 6.15. The average molecular weight is 235 g/mol. The fourth-order valence-corrected chi connectivity index (χ4v) is 2.29. The molecule has 1 aliphatic heterocycles. The molecule has 0 spiro atoms. The number of carbonyl (C=O) groups is 1. The van der Waals surface area contributed by atoms with E-state index in [0.29, 0.717) is 26.2 Å². The van der Waals surface area contributed by atoms with Gasteiger partial charge in [0.15, 0.2) is 0 Å². The smallest absolute Gasteiger partial charge is 0.224 e. The van der Waals surface area contributed by atoms with Crippen LogP contribution in [0.2, 0.25) is 0 Å². The maximum atomic E-state index is 11.5. The summed E-state index contributed by atoms with van der Waals surface area (Å²) in [6, 6.07) is 0. The lowest BCUT2D eigenvalue weighted by atomic mass is 9.99. The van der Waals surface area contributed by atoms with Crippen LogP contribution in [0.3, 0.4) is 0 Å². The molecule has 0 aromatic heterocycles. The Kier molecular flexibility index (Phi) is 5.00. The van der Waals surface area contributed by atoms with Crippen LogP contribution in [0.5, 0.6) is 0 Å². The molecule has 1 amide bonds. The second-order valence-corrected chi connectivity index (χ2v) is 4.61. The summed E-state index contributed by atoms with van der Waals surface area (Å²) in [5.74, 6) is -0.319. The zero-order valence-electron chi connectivity index (χ0n) is 8.52. The summed E-state index contributed by atoms with van der Waals surface area (Å²) in [5.41, 5.74) is 5.26. The van der Waals surface area contributed by atoms with Crippen LogP contribution < -0.4 is 11.1 Å². The van der Waals surface area contributed by atoms with Gasteiger partial charge >= 0.3 is 0 Å². The van der Waals surface area contributed by atoms with Gasteiger partial charge in [-0.15, -0.1) is 0 Å². The number of nitrogens with one attached hydrogen (secondary N) is 1. The van der Waals surface area contributed by atoms with Gasteiger partial charge in [0.25, 0.3) is 0 Å². The first kappa shape index (κ1) is 12.4. The number of hydrogen-bond acceptors (Lipinski definition) is 4. The van der Waals surface area contributed by atoms with E-state index < -0.39 is 10.9 Å². The fraction of sp³-hybridized carbons (Fsp3) is 0.875. The highest BCUT2D eigenvalue weighted by Gasteiger charge is 2.26. The van der Waals surface area contributed by atoms with Crippen molar-refractivity contribution in [1.29, 1.82) is 0 Å². The molecule has 6 nitrogen and oxygen atoms in total. The van der Waals surface area contributed by atoms with Gasteiger partial charge in [0, 0.05) is 26.2 Å². The Bertz CT molecular complexity index is 285. The minimum Gasteiger partial charge on any atom is -0.355 e. The number of thiol groups is 1. The first-order chi connectivity index (χ1) is 7.15. The molecule has 7 heteroatoms. The van der Waals surface area contributed by atoms with Gasteiger partial charge in [-0.25, -0.2) is 12.7 Å². The minimum atomic E-state index is -2.55. The summed E-state index contributed by atoms with van der Waals surface area (Å²) in [6.07, 6.45) is 1.49. The highest BCUT2D eigenvalue weighted by molar-refractivity contribution is 7.69. The average Bonchev–Trinajstić information content (AvgIpc) is 2.26. The monoisotopic (exact) mass is 235 g/mol. The first-order valence-electron chi connectivity index (χ1n) is 5.02. The normalized spacial score (nSPS) is 22.9. The number of piperidine rings is 1. The third kappa shape index (κ3) is 3.77. The van der Waals surface area contributed by atoms with Crippen molar-refractivity contribution in [2.75, 3.05) is 26.2 Å². The van der Waals surface area contributed by atoms with E-state index in [1.807, 2.05) is 0 Å². The van der Waals surface area contributed by atoms with Crippen molar-refractivity contribution in [3.63, 3.8) is 0 Å². The third-order valence-corrected chi connectivity index (χ3v) is 3.27. The Labute approximate surface area is 90.9 Å². The summed E-state index contributed by atoms with van der Waals surface area (Å²) in [5, 5.41) is 2.67. The van der Waals surface area contributed by atoms with Gasteiger partial charge < -0.3 is 11.1 Å². The molecule has 1 saturated heterocycles. The quantitative estimate of drug-likeness (QED) is 0.506. The summed E-state index contributed by atoms with van der Waals surface area (Å²) in [4.78, 5) is 11.5. The molecule has 1 aliphatic rings. The van der Waals surface area contributed by atoms with Crippen molar-refractivity contribution in [3.05, 3.63) is 0 Å². The molecule has 0 saturated carbocycles. The van der Waals surface area contributed by atoms with Gasteiger partial charge in [-0.05, 0) is 12.8 Å². The predicted molar refractivity (Wildman–Crippen MR) is 56.7 cm³/mol. The number of rotatable bonds is 4. The predicted octanol–water partition coefficient (Wildman–Crippen LogP) is -1.70. The highest BCUT2D eigenvalue weighted by Crippen LogP contribution is 2.16. The standard InChI is InChI=1S/C8H17N3O3S/c9-3-4-10-8(12)7-2-1-5-11(6-7)15(13)14/h7,15H,1-6,9H2,(H,10,12)/t7-/m1/s1. The lowest BCUT2D eigenvalue weighted by Gasteiger charge is -2.27. The zero-order valence-corrected chi connectivity index (χ0v) is 9.41. The van der Waals surface area contributed by atoms with Crippen molar-refractivity contribution in [2.24, 2.45) is 11.7 Å². The van der Waals surface area contributed by atoms with Crippen LogP contribution in [0.4, 0.5) is 0 Å². The molecule has 88 valence electrons. The van der Waals surface area contributed by atoms with Gasteiger partial charge in [-0.1, -0.05) is 0 Å². The van der Waals surface area contributed by atoms with E-state index >= 15 is 0 Å². The second kappa shape index (κ2) is 6.04. The van der Waals surface area contributed by atoms with Gasteiger partial charge in [-0.3, -0.25) is 4.79 Å². The van der Waals surface area contributed by atoms with Gasteiger partial charge in [0.2, 0.25) is 16.8 Å². The maximum Gasteiger partial charge on any atom is 0.224 e. The van der Waals surface area contributed by atoms with E-state index in [4.69, 9.17) is 5.73 Å². The fourth-order valence-electron chi connectivity index (χ4n) is 1.66. The minimum absolute atomic E-state index is 0.0954. The summed E-state index contributed by atoms with van der Waals surface area (Å²) in [6.45, 7) is 1.67. The molecular weight excluding hydrogens is 218 g/mol. The SMILES string of the molecule is NCCNC(=O)[C@@H]1CCCN([SH](=O)=O)C1. The molecule has 0 aromatic rings. The summed E-state index contributed by atoms with van der Waals surface area (Å²) < 4.78 is 22.8. The number of nitrogens with two attached hydrogens (primary N) is 1. The molecule has 0 bridgehead atoms. The second-order valence-electron chi connectivity index (χ2n) is 3.57. The van der Waals surface area contributed by atoms with E-state index in [1.165, 1.54) is 4.31 Å². The van der Waals surface area contributed by atoms with Crippen LogP contribution in [0.25, 0.3) is 0 Å². The van der Waals surface area contributed by atoms with Crippen LogP contribution in [-0.4, -0.2) is 44.8 Å². The maximum absolute atomic E-state index is 11.5. The number of carbonyl (C=O) groups excluding carboxylic acids is 1. The highest BCUT2D eigenvalue weighted by atomic mass is 32.2. The van der Waals surface area contributed by atoms with Gasteiger partial charge in [-0.2, -0.15) is 0 Å². The lowest BCUT2D eigenvalue weighted by Crippen LogP contribution is -2.43. The van der Waals surface area contributed by atoms with Crippen molar-refractivity contribution in [1.82, 2.24) is 9.62 Å². The Morgan fingerprint density at radius 3 is 2.87 bits per heavy atom. The topological polar surface area (TPSA) is 92.5 Å². The molecule has 0 unspecified atom stereocenters. The van der Waals surface area contributed by atoms with E-state index in [9.17, 15) is 13.2 Å². The van der Waals surface area contributed by atoms with Crippen LogP contribution in [0.15, 0.2) is 0 Å². The Morgan fingerprint density at radius 1 is 1.53 bits per heavy atom. The van der Waals surface area contributed by atoms with Crippen LogP contribution in [-0.2, 0) is 15.7 Å². The van der Waals surface area contributed by atoms with Gasteiger partial charge in [0.05, 0.1) is 5.92 Å². The van der Waals surface area contributed by atoms with Crippen LogP contribution in [0, 0.1) is 5.92 Å². The number of amides is 1. The molecule has 1 rings (SSSR count). The van der Waals surface area contributed by atoms with E-state index in [-0.39, 0.29) is 11.8 Å². The number of hydrogen-bond donors (Lipinski definition) is 3. The lowest BCUT2D eigenvalue weighted by molar-refractivity contribution is -0.125. The molecule has 0 radical (unpaired) electrons. The Balaban J connectivity index is 2.45. The van der Waals surface area contributed by atoms with Crippen molar-refractivity contribution >= 4 is 16.8 Å².